The number of hydrogen-bond donors (Lipinski definition) is 1. The van der Waals surface area contributed by atoms with Crippen LogP contribution in [0.4, 0.5) is 0 Å². The zero-order valence-corrected chi connectivity index (χ0v) is 21.8. The van der Waals surface area contributed by atoms with Crippen LogP contribution in [0.3, 0.4) is 0 Å². The van der Waals surface area contributed by atoms with E-state index in [0.717, 1.165) is 5.56 Å². The van der Waals surface area contributed by atoms with Gasteiger partial charge in [0, 0.05) is 39.6 Å². The summed E-state index contributed by atoms with van der Waals surface area (Å²) >= 11 is 18.8. The predicted octanol–water partition coefficient (Wildman–Crippen LogP) is 6.19. The maximum absolute atomic E-state index is 13.5. The fourth-order valence-corrected chi connectivity index (χ4v) is 4.19. The van der Waals surface area contributed by atoms with Gasteiger partial charge >= 0.3 is 0 Å². The molecule has 2 amide bonds. The van der Waals surface area contributed by atoms with E-state index in [-0.39, 0.29) is 31.0 Å². The lowest BCUT2D eigenvalue weighted by atomic mass is 10.0. The first-order chi connectivity index (χ1) is 16.7. The topological polar surface area (TPSA) is 58.6 Å². The average Bonchev–Trinajstić information content (AvgIpc) is 2.82. The van der Waals surface area contributed by atoms with E-state index in [9.17, 15) is 9.59 Å². The minimum absolute atomic E-state index is 0.0460. The summed E-state index contributed by atoms with van der Waals surface area (Å²) in [6.07, 6.45) is 0.314. The van der Waals surface area contributed by atoms with Crippen LogP contribution in [-0.2, 0) is 22.6 Å². The molecule has 0 aromatic heterocycles. The smallest absolute Gasteiger partial charge is 0.261 e. The van der Waals surface area contributed by atoms with Crippen LogP contribution in [0.2, 0.25) is 15.1 Å². The molecule has 0 aliphatic rings. The van der Waals surface area contributed by atoms with E-state index < -0.39 is 6.04 Å². The number of carbonyl (C=O) groups is 2. The monoisotopic (exact) mass is 532 g/mol. The Hall–Kier alpha value is -2.73. The summed E-state index contributed by atoms with van der Waals surface area (Å²) in [5, 5.41) is 4.33. The highest BCUT2D eigenvalue weighted by Gasteiger charge is 2.32. The Morgan fingerprint density at radius 3 is 2.11 bits per heavy atom. The SMILES string of the molecule is CC(C)NC(=O)[C@H](Cc1ccccc1)N(Cc1c(Cl)cccc1Cl)C(=O)COc1ccc(Cl)cc1. The number of nitrogens with one attached hydrogen (secondary N) is 1. The number of rotatable bonds is 10. The van der Waals surface area contributed by atoms with Crippen LogP contribution in [0.5, 0.6) is 5.75 Å². The minimum Gasteiger partial charge on any atom is -0.484 e. The number of ether oxygens (including phenoxy) is 1. The molecule has 0 fully saturated rings. The second kappa shape index (κ2) is 12.8. The lowest BCUT2D eigenvalue weighted by Crippen LogP contribution is -2.52. The third-order valence-corrected chi connectivity index (χ3v) is 6.23. The molecule has 3 aromatic carbocycles. The molecule has 0 spiro atoms. The van der Waals surface area contributed by atoms with E-state index in [1.54, 1.807) is 42.5 Å². The number of hydrogen-bond acceptors (Lipinski definition) is 3. The van der Waals surface area contributed by atoms with Gasteiger partial charge in [-0.2, -0.15) is 0 Å². The van der Waals surface area contributed by atoms with Crippen LogP contribution in [0.1, 0.15) is 25.0 Å². The van der Waals surface area contributed by atoms with Gasteiger partial charge in [-0.15, -0.1) is 0 Å². The largest absolute Gasteiger partial charge is 0.484 e. The van der Waals surface area contributed by atoms with Crippen LogP contribution in [0, 0.1) is 0 Å². The summed E-state index contributed by atoms with van der Waals surface area (Å²) in [6.45, 7) is 3.52. The standard InChI is InChI=1S/C27H27Cl3N2O3/c1-18(2)31-27(34)25(15-19-7-4-3-5-8-19)32(16-22-23(29)9-6-10-24(22)30)26(33)17-35-21-13-11-20(28)12-14-21/h3-14,18,25H,15-17H2,1-2H3,(H,31,34)/t25-/m0/s1. The van der Waals surface area contributed by atoms with Gasteiger partial charge in [-0.25, -0.2) is 0 Å². The van der Waals surface area contributed by atoms with Crippen molar-refractivity contribution in [3.05, 3.63) is 99.0 Å². The molecule has 0 heterocycles. The van der Waals surface area contributed by atoms with Gasteiger partial charge < -0.3 is 15.0 Å². The van der Waals surface area contributed by atoms with Crippen molar-refractivity contribution in [2.45, 2.75) is 38.9 Å². The highest BCUT2D eigenvalue weighted by atomic mass is 35.5. The quantitative estimate of drug-likeness (QED) is 0.338. The Balaban J connectivity index is 1.95. The second-order valence-electron chi connectivity index (χ2n) is 8.33. The summed E-state index contributed by atoms with van der Waals surface area (Å²) in [5.74, 6) is -0.160. The van der Waals surface area contributed by atoms with Crippen molar-refractivity contribution >= 4 is 46.6 Å². The molecule has 0 aliphatic carbocycles. The van der Waals surface area contributed by atoms with Crippen LogP contribution in [0.15, 0.2) is 72.8 Å². The van der Waals surface area contributed by atoms with Crippen molar-refractivity contribution in [2.24, 2.45) is 0 Å². The number of benzene rings is 3. The van der Waals surface area contributed by atoms with Crippen LogP contribution in [-0.4, -0.2) is 35.4 Å². The van der Waals surface area contributed by atoms with Crippen molar-refractivity contribution < 1.29 is 14.3 Å². The summed E-state index contributed by atoms with van der Waals surface area (Å²) in [4.78, 5) is 28.4. The van der Waals surface area contributed by atoms with E-state index in [1.807, 2.05) is 44.2 Å². The second-order valence-corrected chi connectivity index (χ2v) is 9.58. The molecule has 0 bridgehead atoms. The zero-order chi connectivity index (χ0) is 25.4. The first-order valence-corrected chi connectivity index (χ1v) is 12.3. The van der Waals surface area contributed by atoms with Gasteiger partial charge in [0.25, 0.3) is 5.91 Å². The first-order valence-electron chi connectivity index (χ1n) is 11.2. The maximum atomic E-state index is 13.5. The molecule has 1 N–H and O–H groups in total. The van der Waals surface area contributed by atoms with Crippen molar-refractivity contribution in [1.82, 2.24) is 10.2 Å². The van der Waals surface area contributed by atoms with Gasteiger partial charge in [-0.05, 0) is 55.8 Å². The summed E-state index contributed by atoms with van der Waals surface area (Å²) in [5.41, 5.74) is 1.48. The summed E-state index contributed by atoms with van der Waals surface area (Å²) in [7, 11) is 0. The molecule has 0 saturated carbocycles. The molecular formula is C27H27Cl3N2O3. The highest BCUT2D eigenvalue weighted by Crippen LogP contribution is 2.27. The van der Waals surface area contributed by atoms with Crippen LogP contribution < -0.4 is 10.1 Å². The third-order valence-electron chi connectivity index (χ3n) is 5.27. The zero-order valence-electron chi connectivity index (χ0n) is 19.5. The Kier molecular flexibility index (Phi) is 9.84. The molecule has 8 heteroatoms. The minimum atomic E-state index is -0.812. The number of nitrogens with zero attached hydrogens (tertiary/aromatic N) is 1. The summed E-state index contributed by atoms with van der Waals surface area (Å²) in [6, 6.07) is 20.5. The maximum Gasteiger partial charge on any atom is 0.261 e. The highest BCUT2D eigenvalue weighted by molar-refractivity contribution is 6.36. The first kappa shape index (κ1) is 26.9. The molecule has 184 valence electrons. The van der Waals surface area contributed by atoms with Gasteiger partial charge in [-0.3, -0.25) is 9.59 Å². The van der Waals surface area contributed by atoms with Gasteiger partial charge in [-0.1, -0.05) is 71.2 Å². The molecule has 35 heavy (non-hydrogen) atoms. The molecule has 3 rings (SSSR count). The van der Waals surface area contributed by atoms with E-state index in [0.29, 0.717) is 32.8 Å². The molecule has 0 saturated heterocycles. The summed E-state index contributed by atoms with van der Waals surface area (Å²) < 4.78 is 5.72. The van der Waals surface area contributed by atoms with E-state index in [4.69, 9.17) is 39.5 Å². The third kappa shape index (κ3) is 7.89. The number of amides is 2. The van der Waals surface area contributed by atoms with Gasteiger partial charge in [0.1, 0.15) is 11.8 Å². The van der Waals surface area contributed by atoms with E-state index in [2.05, 4.69) is 5.32 Å². The molecule has 0 unspecified atom stereocenters. The lowest BCUT2D eigenvalue weighted by Gasteiger charge is -2.32. The van der Waals surface area contributed by atoms with Crippen molar-refractivity contribution in [1.29, 1.82) is 0 Å². The number of halogens is 3. The van der Waals surface area contributed by atoms with Gasteiger partial charge in [0.15, 0.2) is 6.61 Å². The lowest BCUT2D eigenvalue weighted by molar-refractivity contribution is -0.143. The Morgan fingerprint density at radius 2 is 1.51 bits per heavy atom. The van der Waals surface area contributed by atoms with E-state index in [1.165, 1.54) is 4.90 Å². The fraction of sp³-hybridized carbons (Fsp3) is 0.259. The van der Waals surface area contributed by atoms with Crippen LogP contribution in [0.25, 0.3) is 0 Å². The van der Waals surface area contributed by atoms with Crippen molar-refractivity contribution in [3.8, 4) is 5.75 Å². The fourth-order valence-electron chi connectivity index (χ4n) is 3.55. The molecule has 0 aliphatic heterocycles. The molecule has 1 atom stereocenters. The number of carbonyl (C=O) groups excluding carboxylic acids is 2. The molecular weight excluding hydrogens is 507 g/mol. The molecule has 5 nitrogen and oxygen atoms in total. The predicted molar refractivity (Wildman–Crippen MR) is 141 cm³/mol. The van der Waals surface area contributed by atoms with Gasteiger partial charge in [0.2, 0.25) is 5.91 Å². The molecule has 3 aromatic rings. The van der Waals surface area contributed by atoms with Crippen molar-refractivity contribution in [3.63, 3.8) is 0 Å². The Morgan fingerprint density at radius 1 is 0.886 bits per heavy atom. The normalized spacial score (nSPS) is 11.7. The van der Waals surface area contributed by atoms with Crippen molar-refractivity contribution in [2.75, 3.05) is 6.61 Å². The van der Waals surface area contributed by atoms with Gasteiger partial charge in [0.05, 0.1) is 0 Å². The Bertz CT molecular complexity index is 1120. The Labute approximate surface area is 220 Å². The average molecular weight is 534 g/mol. The molecule has 0 radical (unpaired) electrons. The van der Waals surface area contributed by atoms with E-state index >= 15 is 0 Å². The van der Waals surface area contributed by atoms with Crippen LogP contribution >= 0.6 is 34.8 Å².